The van der Waals surface area contributed by atoms with Gasteiger partial charge in [-0.3, -0.25) is 0 Å². The van der Waals surface area contributed by atoms with Gasteiger partial charge < -0.3 is 9.73 Å². The van der Waals surface area contributed by atoms with Crippen LogP contribution in [0.3, 0.4) is 0 Å². The lowest BCUT2D eigenvalue weighted by molar-refractivity contribution is -0.133. The zero-order chi connectivity index (χ0) is 12.3. The van der Waals surface area contributed by atoms with Gasteiger partial charge in [-0.15, -0.1) is 0 Å². The number of rotatable bonds is 4. The van der Waals surface area contributed by atoms with Gasteiger partial charge in [0.2, 0.25) is 0 Å². The van der Waals surface area contributed by atoms with Crippen LogP contribution in [0.5, 0.6) is 0 Å². The van der Waals surface area contributed by atoms with E-state index in [9.17, 15) is 13.2 Å². The molecule has 0 aliphatic carbocycles. The molecule has 92 valence electrons. The summed E-state index contributed by atoms with van der Waals surface area (Å²) in [4.78, 5) is 0. The van der Waals surface area contributed by atoms with Crippen LogP contribution >= 0.6 is 0 Å². The molecule has 1 aromatic heterocycles. The molecule has 1 N–H and O–H groups in total. The summed E-state index contributed by atoms with van der Waals surface area (Å²) in [5, 5.41) is 3.66. The van der Waals surface area contributed by atoms with Crippen molar-refractivity contribution in [2.24, 2.45) is 0 Å². The maximum atomic E-state index is 11.9. The second kappa shape index (κ2) is 4.79. The topological polar surface area (TPSA) is 25.2 Å². The van der Waals surface area contributed by atoms with Gasteiger partial charge in [-0.05, 0) is 12.1 Å². The van der Waals surface area contributed by atoms with Crippen LogP contribution in [-0.4, -0.2) is 12.7 Å². The van der Waals surface area contributed by atoms with E-state index in [0.29, 0.717) is 12.3 Å². The highest BCUT2D eigenvalue weighted by molar-refractivity contribution is 5.77. The molecule has 0 spiro atoms. The highest BCUT2D eigenvalue weighted by Crippen LogP contribution is 2.20. The fraction of sp³-hybridized carbons (Fsp3) is 0.333. The molecule has 1 aromatic carbocycles. The Morgan fingerprint density at radius 3 is 2.65 bits per heavy atom. The highest BCUT2D eigenvalue weighted by atomic mass is 19.4. The van der Waals surface area contributed by atoms with Gasteiger partial charge in [0.15, 0.2) is 0 Å². The Balaban J connectivity index is 1.87. The van der Waals surface area contributed by atoms with Crippen LogP contribution in [-0.2, 0) is 6.54 Å². The van der Waals surface area contributed by atoms with Crippen molar-refractivity contribution in [2.45, 2.75) is 19.1 Å². The Morgan fingerprint density at radius 1 is 1.18 bits per heavy atom. The number of nitrogens with one attached hydrogen (secondary N) is 1. The monoisotopic (exact) mass is 243 g/mol. The number of para-hydroxylation sites is 1. The first-order chi connectivity index (χ1) is 8.04. The summed E-state index contributed by atoms with van der Waals surface area (Å²) in [6, 6.07) is 9.30. The molecule has 0 bridgehead atoms. The first-order valence-electron chi connectivity index (χ1n) is 5.29. The first-order valence-corrected chi connectivity index (χ1v) is 5.29. The smallest absolute Gasteiger partial charge is 0.390 e. The van der Waals surface area contributed by atoms with Crippen LogP contribution in [0.2, 0.25) is 0 Å². The predicted octanol–water partition coefficient (Wildman–Crippen LogP) is 3.47. The molecule has 0 aliphatic rings. The highest BCUT2D eigenvalue weighted by Gasteiger charge is 2.25. The van der Waals surface area contributed by atoms with E-state index < -0.39 is 12.6 Å². The van der Waals surface area contributed by atoms with Crippen molar-refractivity contribution in [1.82, 2.24) is 5.32 Å². The largest absolute Gasteiger partial charge is 0.460 e. The third kappa shape index (κ3) is 3.49. The molecule has 0 amide bonds. The van der Waals surface area contributed by atoms with E-state index in [1.54, 1.807) is 0 Å². The molecule has 2 aromatic rings. The number of furan rings is 1. The van der Waals surface area contributed by atoms with Crippen molar-refractivity contribution in [3.8, 4) is 0 Å². The second-order valence-electron chi connectivity index (χ2n) is 3.79. The minimum Gasteiger partial charge on any atom is -0.460 e. The van der Waals surface area contributed by atoms with Crippen LogP contribution in [0.25, 0.3) is 11.0 Å². The summed E-state index contributed by atoms with van der Waals surface area (Å²) in [6.45, 7) is 0.214. The van der Waals surface area contributed by atoms with Gasteiger partial charge in [0.1, 0.15) is 11.3 Å². The molecule has 17 heavy (non-hydrogen) atoms. The minimum atomic E-state index is -4.11. The van der Waals surface area contributed by atoms with Crippen molar-refractivity contribution >= 4 is 11.0 Å². The van der Waals surface area contributed by atoms with Crippen LogP contribution in [0.4, 0.5) is 13.2 Å². The molecular weight excluding hydrogens is 231 g/mol. The quantitative estimate of drug-likeness (QED) is 0.832. The lowest BCUT2D eigenvalue weighted by Crippen LogP contribution is -2.21. The van der Waals surface area contributed by atoms with Crippen LogP contribution < -0.4 is 5.32 Å². The standard InChI is InChI=1S/C12H12F3NO/c13-12(14,15)5-6-16-8-10-7-9-3-1-2-4-11(9)17-10/h1-4,7,16H,5-6,8H2. The summed E-state index contributed by atoms with van der Waals surface area (Å²) in [5.41, 5.74) is 0.750. The zero-order valence-corrected chi connectivity index (χ0v) is 9.05. The summed E-state index contributed by atoms with van der Waals surface area (Å²) in [5.74, 6) is 0.647. The number of halogens is 3. The predicted molar refractivity (Wildman–Crippen MR) is 58.6 cm³/mol. The van der Waals surface area contributed by atoms with Gasteiger partial charge in [0.25, 0.3) is 0 Å². The molecule has 0 aliphatic heterocycles. The van der Waals surface area contributed by atoms with E-state index in [-0.39, 0.29) is 6.54 Å². The number of hydrogen-bond donors (Lipinski definition) is 1. The number of benzene rings is 1. The molecule has 1 heterocycles. The molecule has 2 rings (SSSR count). The summed E-state index contributed by atoms with van der Waals surface area (Å²) >= 11 is 0. The Bertz CT molecular complexity index is 457. The lowest BCUT2D eigenvalue weighted by Gasteiger charge is -2.06. The zero-order valence-electron chi connectivity index (χ0n) is 9.05. The van der Waals surface area contributed by atoms with Gasteiger partial charge in [-0.25, -0.2) is 0 Å². The summed E-state index contributed by atoms with van der Waals surface area (Å²) in [6.07, 6.45) is -4.94. The SMILES string of the molecule is FC(F)(F)CCNCc1cc2ccccc2o1. The van der Waals surface area contributed by atoms with Crippen molar-refractivity contribution in [2.75, 3.05) is 6.54 Å². The molecule has 0 saturated carbocycles. The third-order valence-corrected chi connectivity index (χ3v) is 2.36. The maximum Gasteiger partial charge on any atom is 0.390 e. The van der Waals surface area contributed by atoms with Gasteiger partial charge in [0.05, 0.1) is 13.0 Å². The fourth-order valence-electron chi connectivity index (χ4n) is 1.57. The summed E-state index contributed by atoms with van der Waals surface area (Å²) in [7, 11) is 0. The molecule has 5 heteroatoms. The van der Waals surface area contributed by atoms with Crippen LogP contribution in [0, 0.1) is 0 Å². The van der Waals surface area contributed by atoms with Crippen LogP contribution in [0.1, 0.15) is 12.2 Å². The van der Waals surface area contributed by atoms with Gasteiger partial charge in [-0.1, -0.05) is 18.2 Å². The van der Waals surface area contributed by atoms with E-state index in [4.69, 9.17) is 4.42 Å². The Labute approximate surface area is 96.4 Å². The van der Waals surface area contributed by atoms with Gasteiger partial charge >= 0.3 is 6.18 Å². The van der Waals surface area contributed by atoms with Gasteiger partial charge in [-0.2, -0.15) is 13.2 Å². The Morgan fingerprint density at radius 2 is 1.94 bits per heavy atom. The lowest BCUT2D eigenvalue weighted by atomic mass is 10.2. The molecule has 2 nitrogen and oxygen atoms in total. The minimum absolute atomic E-state index is 0.0967. The van der Waals surface area contributed by atoms with Crippen molar-refractivity contribution in [3.63, 3.8) is 0 Å². The molecule has 0 unspecified atom stereocenters. The average Bonchev–Trinajstić information content (AvgIpc) is 2.65. The number of fused-ring (bicyclic) bond motifs is 1. The third-order valence-electron chi connectivity index (χ3n) is 2.36. The van der Waals surface area contributed by atoms with E-state index in [2.05, 4.69) is 5.32 Å². The molecule has 0 radical (unpaired) electrons. The van der Waals surface area contributed by atoms with Gasteiger partial charge in [0, 0.05) is 11.9 Å². The van der Waals surface area contributed by atoms with E-state index in [1.165, 1.54) is 0 Å². The maximum absolute atomic E-state index is 11.9. The number of alkyl halides is 3. The summed E-state index contributed by atoms with van der Waals surface area (Å²) < 4.78 is 41.1. The molecule has 0 atom stereocenters. The van der Waals surface area contributed by atoms with E-state index in [1.807, 2.05) is 30.3 Å². The molecule has 0 saturated heterocycles. The second-order valence-corrected chi connectivity index (χ2v) is 3.79. The fourth-order valence-corrected chi connectivity index (χ4v) is 1.57. The van der Waals surface area contributed by atoms with Crippen molar-refractivity contribution in [1.29, 1.82) is 0 Å². The van der Waals surface area contributed by atoms with Crippen LogP contribution in [0.15, 0.2) is 34.7 Å². The molecular formula is C12H12F3NO. The van der Waals surface area contributed by atoms with Crippen molar-refractivity contribution < 1.29 is 17.6 Å². The van der Waals surface area contributed by atoms with Crippen molar-refractivity contribution in [3.05, 3.63) is 36.1 Å². The normalized spacial score (nSPS) is 12.2. The van der Waals surface area contributed by atoms with E-state index in [0.717, 1.165) is 11.0 Å². The Kier molecular flexibility index (Phi) is 3.38. The Hall–Kier alpha value is -1.49. The average molecular weight is 243 g/mol. The number of hydrogen-bond acceptors (Lipinski definition) is 2. The molecule has 0 fully saturated rings. The first kappa shape index (κ1) is 12.0. The van der Waals surface area contributed by atoms with E-state index >= 15 is 0 Å².